The number of alkyl halides is 2. The van der Waals surface area contributed by atoms with Crippen LogP contribution < -0.4 is 0 Å². The van der Waals surface area contributed by atoms with Crippen LogP contribution in [0.25, 0.3) is 0 Å². The van der Waals surface area contributed by atoms with Gasteiger partial charge in [0.05, 0.1) is 13.2 Å². The molecule has 6 heteroatoms. The van der Waals surface area contributed by atoms with Gasteiger partial charge in [0, 0.05) is 17.6 Å². The fourth-order valence-electron chi connectivity index (χ4n) is 1.48. The van der Waals surface area contributed by atoms with E-state index >= 15 is 0 Å². The number of nitrogens with zero attached hydrogens (tertiary/aromatic N) is 1. The first-order chi connectivity index (χ1) is 8.02. The Hall–Kier alpha value is -0.590. The minimum Gasteiger partial charge on any atom is -0.395 e. The van der Waals surface area contributed by atoms with Crippen LogP contribution in [0.3, 0.4) is 0 Å². The number of hydrogen-bond donors (Lipinski definition) is 1. The van der Waals surface area contributed by atoms with Gasteiger partial charge in [0.2, 0.25) is 0 Å². The number of aliphatic hydroxyl groups is 1. The quantitative estimate of drug-likeness (QED) is 0.873. The van der Waals surface area contributed by atoms with Gasteiger partial charge in [-0.15, -0.1) is 0 Å². The molecule has 0 saturated heterocycles. The average Bonchev–Trinajstić information content (AvgIpc) is 2.23. The molecule has 0 amide bonds. The molecule has 0 heterocycles. The van der Waals surface area contributed by atoms with Crippen molar-refractivity contribution in [2.24, 2.45) is 0 Å². The van der Waals surface area contributed by atoms with E-state index in [1.807, 2.05) is 0 Å². The Morgan fingerprint density at radius 3 is 2.65 bits per heavy atom. The van der Waals surface area contributed by atoms with Gasteiger partial charge in [-0.05, 0) is 23.8 Å². The normalized spacial score (nSPS) is 11.5. The molecule has 0 atom stereocenters. The van der Waals surface area contributed by atoms with Crippen LogP contribution in [-0.4, -0.2) is 36.1 Å². The lowest BCUT2D eigenvalue weighted by Gasteiger charge is -2.21. The fraction of sp³-hybridized carbons (Fsp3) is 0.455. The van der Waals surface area contributed by atoms with Crippen molar-refractivity contribution in [2.45, 2.75) is 13.0 Å². The van der Waals surface area contributed by atoms with Gasteiger partial charge in [-0.3, -0.25) is 4.90 Å². The van der Waals surface area contributed by atoms with E-state index in [4.69, 9.17) is 5.11 Å². The lowest BCUT2D eigenvalue weighted by Crippen LogP contribution is -2.31. The third kappa shape index (κ3) is 5.06. The Morgan fingerprint density at radius 2 is 2.06 bits per heavy atom. The first kappa shape index (κ1) is 14.5. The highest BCUT2D eigenvalue weighted by atomic mass is 79.9. The van der Waals surface area contributed by atoms with E-state index in [2.05, 4.69) is 15.9 Å². The lowest BCUT2D eigenvalue weighted by atomic mass is 10.2. The van der Waals surface area contributed by atoms with Crippen molar-refractivity contribution in [1.29, 1.82) is 0 Å². The summed E-state index contributed by atoms with van der Waals surface area (Å²) in [5.41, 5.74) is 0.583. The highest BCUT2D eigenvalue weighted by molar-refractivity contribution is 9.10. The van der Waals surface area contributed by atoms with E-state index in [1.54, 1.807) is 0 Å². The predicted molar refractivity (Wildman–Crippen MR) is 62.5 cm³/mol. The molecule has 1 N–H and O–H groups in total. The average molecular weight is 312 g/mol. The van der Waals surface area contributed by atoms with Crippen LogP contribution in [0.5, 0.6) is 0 Å². The summed E-state index contributed by atoms with van der Waals surface area (Å²) in [5.74, 6) is -0.413. The molecule has 96 valence electrons. The molecule has 0 aromatic heterocycles. The molecule has 0 aliphatic heterocycles. The number of benzene rings is 1. The molecular weight excluding hydrogens is 299 g/mol. The summed E-state index contributed by atoms with van der Waals surface area (Å²) in [6.07, 6.45) is -2.48. The summed E-state index contributed by atoms with van der Waals surface area (Å²) in [4.78, 5) is 1.38. The van der Waals surface area contributed by atoms with E-state index in [0.717, 1.165) is 0 Å². The summed E-state index contributed by atoms with van der Waals surface area (Å²) < 4.78 is 38.2. The molecular formula is C11H13BrF3NO. The molecule has 1 aromatic rings. The predicted octanol–water partition coefficient (Wildman–Crippen LogP) is 2.65. The third-order valence-corrected chi connectivity index (χ3v) is 2.99. The van der Waals surface area contributed by atoms with Crippen molar-refractivity contribution in [1.82, 2.24) is 4.90 Å². The zero-order valence-corrected chi connectivity index (χ0v) is 10.6. The van der Waals surface area contributed by atoms with E-state index < -0.39 is 18.8 Å². The Bertz CT molecular complexity index is 363. The van der Waals surface area contributed by atoms with Gasteiger partial charge < -0.3 is 5.11 Å². The van der Waals surface area contributed by atoms with Crippen LogP contribution in [-0.2, 0) is 6.54 Å². The molecule has 0 bridgehead atoms. The van der Waals surface area contributed by atoms with Gasteiger partial charge >= 0.3 is 0 Å². The number of rotatable bonds is 6. The second-order valence-corrected chi connectivity index (χ2v) is 4.44. The van der Waals surface area contributed by atoms with Gasteiger partial charge in [0.25, 0.3) is 6.43 Å². The van der Waals surface area contributed by atoms with Crippen LogP contribution in [0.1, 0.15) is 5.56 Å². The van der Waals surface area contributed by atoms with Crippen LogP contribution in [0.15, 0.2) is 22.7 Å². The monoisotopic (exact) mass is 311 g/mol. The zero-order valence-electron chi connectivity index (χ0n) is 9.04. The van der Waals surface area contributed by atoms with Crippen molar-refractivity contribution in [3.63, 3.8) is 0 Å². The molecule has 1 aromatic carbocycles. The van der Waals surface area contributed by atoms with Crippen molar-refractivity contribution < 1.29 is 18.3 Å². The van der Waals surface area contributed by atoms with Crippen LogP contribution in [0.2, 0.25) is 0 Å². The van der Waals surface area contributed by atoms with Gasteiger partial charge in [0.15, 0.2) is 0 Å². The van der Waals surface area contributed by atoms with Crippen molar-refractivity contribution in [3.8, 4) is 0 Å². The van der Waals surface area contributed by atoms with Crippen LogP contribution in [0, 0.1) is 5.82 Å². The standard InChI is InChI=1S/C11H13BrF3NO/c12-10-2-1-9(13)5-8(10)6-16(3-4-17)7-11(14)15/h1-2,5,11,17H,3-4,6-7H2. The van der Waals surface area contributed by atoms with E-state index in [1.165, 1.54) is 23.1 Å². The summed E-state index contributed by atoms with van der Waals surface area (Å²) in [6, 6.07) is 4.11. The third-order valence-electron chi connectivity index (χ3n) is 2.21. The molecule has 2 nitrogen and oxygen atoms in total. The molecule has 0 aliphatic rings. The minimum absolute atomic E-state index is 0.132. The van der Waals surface area contributed by atoms with Gasteiger partial charge in [-0.25, -0.2) is 13.2 Å². The van der Waals surface area contributed by atoms with E-state index in [-0.39, 0.29) is 19.7 Å². The van der Waals surface area contributed by atoms with Crippen molar-refractivity contribution in [2.75, 3.05) is 19.7 Å². The molecule has 0 unspecified atom stereocenters. The maximum Gasteiger partial charge on any atom is 0.251 e. The van der Waals surface area contributed by atoms with Crippen molar-refractivity contribution in [3.05, 3.63) is 34.1 Å². The largest absolute Gasteiger partial charge is 0.395 e. The van der Waals surface area contributed by atoms with E-state index in [9.17, 15) is 13.2 Å². The lowest BCUT2D eigenvalue weighted by molar-refractivity contribution is 0.0745. The summed E-state index contributed by atoms with van der Waals surface area (Å²) >= 11 is 3.23. The molecule has 0 spiro atoms. The smallest absolute Gasteiger partial charge is 0.251 e. The Kier molecular flexibility index (Phi) is 5.94. The SMILES string of the molecule is OCCN(Cc1cc(F)ccc1Br)CC(F)F. The van der Waals surface area contributed by atoms with Crippen LogP contribution >= 0.6 is 15.9 Å². The minimum atomic E-state index is -2.48. The number of aliphatic hydroxyl groups excluding tert-OH is 1. The summed E-state index contributed by atoms with van der Waals surface area (Å²) in [7, 11) is 0. The fourth-order valence-corrected chi connectivity index (χ4v) is 1.85. The maximum absolute atomic E-state index is 13.0. The number of halogens is 4. The molecule has 0 radical (unpaired) electrons. The Labute approximate surface area is 106 Å². The second kappa shape index (κ2) is 6.98. The topological polar surface area (TPSA) is 23.5 Å². The molecule has 0 saturated carbocycles. The summed E-state index contributed by atoms with van der Waals surface area (Å²) in [5, 5.41) is 8.78. The molecule has 0 aliphatic carbocycles. The molecule has 17 heavy (non-hydrogen) atoms. The van der Waals surface area contributed by atoms with E-state index in [0.29, 0.717) is 10.0 Å². The maximum atomic E-state index is 13.0. The van der Waals surface area contributed by atoms with Crippen LogP contribution in [0.4, 0.5) is 13.2 Å². The highest BCUT2D eigenvalue weighted by Gasteiger charge is 2.13. The first-order valence-electron chi connectivity index (χ1n) is 5.08. The second-order valence-electron chi connectivity index (χ2n) is 3.59. The van der Waals surface area contributed by atoms with Gasteiger partial charge in [0.1, 0.15) is 5.82 Å². The Balaban J connectivity index is 2.74. The van der Waals surface area contributed by atoms with Gasteiger partial charge in [-0.1, -0.05) is 15.9 Å². The van der Waals surface area contributed by atoms with Gasteiger partial charge in [-0.2, -0.15) is 0 Å². The number of hydrogen-bond acceptors (Lipinski definition) is 2. The highest BCUT2D eigenvalue weighted by Crippen LogP contribution is 2.19. The Morgan fingerprint density at radius 1 is 1.35 bits per heavy atom. The molecule has 0 fully saturated rings. The van der Waals surface area contributed by atoms with Crippen molar-refractivity contribution >= 4 is 15.9 Å². The molecule has 1 rings (SSSR count). The summed E-state index contributed by atoms with van der Waals surface area (Å²) in [6.45, 7) is -0.348. The first-order valence-corrected chi connectivity index (χ1v) is 5.87. The zero-order chi connectivity index (χ0) is 12.8.